The number of carbonyl (C=O) groups excluding carboxylic acids is 1. The number of nitrogens with one attached hydrogen (secondary N) is 2. The zero-order valence-corrected chi connectivity index (χ0v) is 14.1. The molecule has 4 nitrogen and oxygen atoms in total. The van der Waals surface area contributed by atoms with Crippen molar-refractivity contribution >= 4 is 16.8 Å². The van der Waals surface area contributed by atoms with Gasteiger partial charge in [-0.2, -0.15) is 0 Å². The fourth-order valence-corrected chi connectivity index (χ4v) is 2.84. The topological polar surface area (TPSA) is 54.1 Å². The predicted octanol–water partition coefficient (Wildman–Crippen LogP) is 3.85. The maximum atomic E-state index is 12.4. The van der Waals surface area contributed by atoms with Crippen LogP contribution in [-0.4, -0.2) is 24.0 Å². The van der Waals surface area contributed by atoms with Crippen molar-refractivity contribution in [2.75, 3.05) is 13.2 Å². The third-order valence-corrected chi connectivity index (χ3v) is 4.03. The van der Waals surface area contributed by atoms with Gasteiger partial charge in [-0.3, -0.25) is 4.79 Å². The molecule has 2 aromatic carbocycles. The van der Waals surface area contributed by atoms with Gasteiger partial charge in [0.1, 0.15) is 5.75 Å². The summed E-state index contributed by atoms with van der Waals surface area (Å²) in [5.74, 6) is 0.523. The van der Waals surface area contributed by atoms with Crippen LogP contribution in [0.5, 0.6) is 5.75 Å². The van der Waals surface area contributed by atoms with E-state index >= 15 is 0 Å². The van der Waals surface area contributed by atoms with Crippen molar-refractivity contribution in [3.63, 3.8) is 0 Å². The van der Waals surface area contributed by atoms with E-state index in [-0.39, 0.29) is 5.91 Å². The van der Waals surface area contributed by atoms with E-state index in [9.17, 15) is 4.79 Å². The Kier molecular flexibility index (Phi) is 4.85. The number of benzene rings is 2. The molecule has 0 spiro atoms. The van der Waals surface area contributed by atoms with Crippen LogP contribution in [0.25, 0.3) is 10.9 Å². The molecule has 0 saturated heterocycles. The van der Waals surface area contributed by atoms with Crippen LogP contribution in [-0.2, 0) is 6.42 Å². The largest absolute Gasteiger partial charge is 0.493 e. The number of H-pyrrole nitrogens is 1. The molecule has 3 rings (SSSR count). The van der Waals surface area contributed by atoms with E-state index in [2.05, 4.69) is 35.4 Å². The molecule has 0 atom stereocenters. The molecule has 1 aromatic heterocycles. The SMILES string of the molecule is CCOc1ccccc1C(=O)NCCc1c[nH]c2ccc(C)cc12. The van der Waals surface area contributed by atoms with Crippen LogP contribution >= 0.6 is 0 Å². The lowest BCUT2D eigenvalue weighted by Crippen LogP contribution is -2.26. The fraction of sp³-hybridized carbons (Fsp3) is 0.250. The van der Waals surface area contributed by atoms with Crippen LogP contribution < -0.4 is 10.1 Å². The lowest BCUT2D eigenvalue weighted by Gasteiger charge is -2.10. The van der Waals surface area contributed by atoms with Crippen molar-refractivity contribution in [1.82, 2.24) is 10.3 Å². The molecule has 0 aliphatic heterocycles. The molecule has 0 aliphatic carbocycles. The molecule has 1 amide bonds. The van der Waals surface area contributed by atoms with Crippen molar-refractivity contribution in [2.24, 2.45) is 0 Å². The molecule has 0 aliphatic rings. The van der Waals surface area contributed by atoms with E-state index in [1.165, 1.54) is 16.5 Å². The van der Waals surface area contributed by atoms with Gasteiger partial charge in [0, 0.05) is 23.6 Å². The highest BCUT2D eigenvalue weighted by Gasteiger charge is 2.11. The number of hydrogen-bond donors (Lipinski definition) is 2. The van der Waals surface area contributed by atoms with E-state index in [1.54, 1.807) is 6.07 Å². The number of aryl methyl sites for hydroxylation is 1. The molecule has 0 fully saturated rings. The van der Waals surface area contributed by atoms with Crippen LogP contribution in [0.15, 0.2) is 48.7 Å². The molecule has 24 heavy (non-hydrogen) atoms. The lowest BCUT2D eigenvalue weighted by molar-refractivity contribution is 0.0950. The molecule has 3 aromatic rings. The van der Waals surface area contributed by atoms with Crippen molar-refractivity contribution in [2.45, 2.75) is 20.3 Å². The lowest BCUT2D eigenvalue weighted by atomic mass is 10.1. The van der Waals surface area contributed by atoms with Gasteiger partial charge in [0.15, 0.2) is 0 Å². The second-order valence-electron chi connectivity index (χ2n) is 5.80. The van der Waals surface area contributed by atoms with Crippen molar-refractivity contribution in [3.05, 3.63) is 65.4 Å². The Bertz CT molecular complexity index is 852. The quantitative estimate of drug-likeness (QED) is 0.724. The summed E-state index contributed by atoms with van der Waals surface area (Å²) < 4.78 is 5.52. The van der Waals surface area contributed by atoms with E-state index in [0.717, 1.165) is 11.9 Å². The van der Waals surface area contributed by atoms with E-state index in [0.29, 0.717) is 24.5 Å². The number of aromatic amines is 1. The third-order valence-electron chi connectivity index (χ3n) is 4.03. The normalized spacial score (nSPS) is 10.8. The average Bonchev–Trinajstić information content (AvgIpc) is 2.98. The van der Waals surface area contributed by atoms with E-state index in [4.69, 9.17) is 4.74 Å². The van der Waals surface area contributed by atoms with Gasteiger partial charge in [-0.1, -0.05) is 23.8 Å². The van der Waals surface area contributed by atoms with Crippen LogP contribution in [0, 0.1) is 6.92 Å². The van der Waals surface area contributed by atoms with Gasteiger partial charge < -0.3 is 15.0 Å². The first-order valence-electron chi connectivity index (χ1n) is 8.25. The fourth-order valence-electron chi connectivity index (χ4n) is 2.84. The van der Waals surface area contributed by atoms with E-state index < -0.39 is 0 Å². The smallest absolute Gasteiger partial charge is 0.255 e. The molecule has 0 radical (unpaired) electrons. The molecule has 0 saturated carbocycles. The van der Waals surface area contributed by atoms with Gasteiger partial charge in [-0.15, -0.1) is 0 Å². The Hall–Kier alpha value is -2.75. The summed E-state index contributed by atoms with van der Waals surface area (Å²) in [6.45, 7) is 5.12. The standard InChI is InChI=1S/C20H22N2O2/c1-3-24-19-7-5-4-6-16(19)20(23)21-11-10-15-13-22-18-9-8-14(2)12-17(15)18/h4-9,12-13,22H,3,10-11H2,1-2H3,(H,21,23). The molecule has 0 bridgehead atoms. The second kappa shape index (κ2) is 7.21. The monoisotopic (exact) mass is 322 g/mol. The summed E-state index contributed by atoms with van der Waals surface area (Å²) in [6.07, 6.45) is 2.80. The summed E-state index contributed by atoms with van der Waals surface area (Å²) in [4.78, 5) is 15.7. The van der Waals surface area contributed by atoms with Crippen LogP contribution in [0.4, 0.5) is 0 Å². The molecular weight excluding hydrogens is 300 g/mol. The Morgan fingerprint density at radius 3 is 2.88 bits per heavy atom. The van der Waals surface area contributed by atoms with Gasteiger partial charge in [0.25, 0.3) is 5.91 Å². The molecule has 0 unspecified atom stereocenters. The van der Waals surface area contributed by atoms with E-state index in [1.807, 2.05) is 31.3 Å². The number of rotatable bonds is 6. The number of para-hydroxylation sites is 1. The minimum absolute atomic E-state index is 0.102. The van der Waals surface area contributed by atoms with Crippen molar-refractivity contribution in [3.8, 4) is 5.75 Å². The van der Waals surface area contributed by atoms with Crippen molar-refractivity contribution < 1.29 is 9.53 Å². The Balaban J connectivity index is 1.65. The van der Waals surface area contributed by atoms with Gasteiger partial charge in [-0.05, 0) is 50.1 Å². The van der Waals surface area contributed by atoms with Crippen LogP contribution in [0.1, 0.15) is 28.4 Å². The summed E-state index contributed by atoms with van der Waals surface area (Å²) in [5, 5.41) is 4.20. The predicted molar refractivity (Wildman–Crippen MR) is 96.7 cm³/mol. The van der Waals surface area contributed by atoms with Gasteiger partial charge in [0.05, 0.1) is 12.2 Å². The maximum absolute atomic E-state index is 12.4. The number of fused-ring (bicyclic) bond motifs is 1. The number of aromatic nitrogens is 1. The highest BCUT2D eigenvalue weighted by molar-refractivity contribution is 5.97. The molecule has 1 heterocycles. The minimum Gasteiger partial charge on any atom is -0.493 e. The zero-order valence-electron chi connectivity index (χ0n) is 14.1. The second-order valence-corrected chi connectivity index (χ2v) is 5.80. The summed E-state index contributed by atoms with van der Waals surface area (Å²) in [6, 6.07) is 13.7. The number of amides is 1. The van der Waals surface area contributed by atoms with Crippen molar-refractivity contribution in [1.29, 1.82) is 0 Å². The summed E-state index contributed by atoms with van der Waals surface area (Å²) in [5.41, 5.74) is 4.16. The third kappa shape index (κ3) is 3.43. The summed E-state index contributed by atoms with van der Waals surface area (Å²) >= 11 is 0. The Morgan fingerprint density at radius 1 is 1.21 bits per heavy atom. The maximum Gasteiger partial charge on any atom is 0.255 e. The first kappa shape index (κ1) is 16.1. The zero-order chi connectivity index (χ0) is 16.9. The van der Waals surface area contributed by atoms with Crippen LogP contribution in [0.3, 0.4) is 0 Å². The Labute approximate surface area is 141 Å². The number of hydrogen-bond acceptors (Lipinski definition) is 2. The molecule has 4 heteroatoms. The number of ether oxygens (including phenoxy) is 1. The summed E-state index contributed by atoms with van der Waals surface area (Å²) in [7, 11) is 0. The average molecular weight is 322 g/mol. The minimum atomic E-state index is -0.102. The first-order valence-corrected chi connectivity index (χ1v) is 8.25. The first-order chi connectivity index (χ1) is 11.7. The van der Waals surface area contributed by atoms with Gasteiger partial charge in [0.2, 0.25) is 0 Å². The van der Waals surface area contributed by atoms with Gasteiger partial charge >= 0.3 is 0 Å². The molecular formula is C20H22N2O2. The molecule has 2 N–H and O–H groups in total. The number of carbonyl (C=O) groups is 1. The highest BCUT2D eigenvalue weighted by Crippen LogP contribution is 2.20. The Morgan fingerprint density at radius 2 is 2.04 bits per heavy atom. The van der Waals surface area contributed by atoms with Crippen LogP contribution in [0.2, 0.25) is 0 Å². The van der Waals surface area contributed by atoms with Gasteiger partial charge in [-0.25, -0.2) is 0 Å². The highest BCUT2D eigenvalue weighted by atomic mass is 16.5. The molecule has 124 valence electrons.